The van der Waals surface area contributed by atoms with Crippen LogP contribution in [0.1, 0.15) is 12.5 Å². The fraction of sp³-hybridized carbons (Fsp3) is 0.0741. The van der Waals surface area contributed by atoms with Gasteiger partial charge < -0.3 is 4.74 Å². The molecule has 5 aromatic rings. The van der Waals surface area contributed by atoms with Gasteiger partial charge in [-0.05, 0) is 19.1 Å². The van der Waals surface area contributed by atoms with Crippen LogP contribution in [-0.4, -0.2) is 27.6 Å². The molecule has 168 valence electrons. The van der Waals surface area contributed by atoms with Gasteiger partial charge in [0, 0.05) is 22.7 Å². The molecule has 3 aromatic carbocycles. The maximum Gasteiger partial charge on any atom is 0.282 e. The summed E-state index contributed by atoms with van der Waals surface area (Å²) in [5.74, 6) is 0.672. The number of benzene rings is 3. The number of aliphatic imine (C=N–C) groups is 1. The fourth-order valence-electron chi connectivity index (χ4n) is 3.61. The number of H-pyrrole nitrogens is 1. The zero-order valence-corrected chi connectivity index (χ0v) is 19.3. The Morgan fingerprint density at radius 1 is 0.971 bits per heavy atom. The van der Waals surface area contributed by atoms with Gasteiger partial charge in [-0.25, -0.2) is 4.98 Å². The van der Waals surface area contributed by atoms with Crippen molar-refractivity contribution in [3.63, 3.8) is 0 Å². The van der Waals surface area contributed by atoms with Gasteiger partial charge >= 0.3 is 0 Å². The first-order valence-electron chi connectivity index (χ1n) is 10.9. The molecule has 2 aromatic heterocycles. The third-order valence-electron chi connectivity index (χ3n) is 5.24. The molecule has 0 radical (unpaired) electrons. The number of nitrogens with zero attached hydrogens (tertiary/aromatic N) is 3. The van der Waals surface area contributed by atoms with Gasteiger partial charge in [-0.3, -0.25) is 14.9 Å². The average Bonchev–Trinajstić information content (AvgIpc) is 3.50. The second-order valence-electron chi connectivity index (χ2n) is 7.45. The Kier molecular flexibility index (Phi) is 6.18. The quantitative estimate of drug-likeness (QED) is 0.294. The first-order valence-corrected chi connectivity index (χ1v) is 11.8. The molecule has 2 heterocycles. The van der Waals surface area contributed by atoms with E-state index in [9.17, 15) is 4.79 Å². The Balaban J connectivity index is 1.60. The summed E-state index contributed by atoms with van der Waals surface area (Å²) in [6.45, 7) is 2.46. The summed E-state index contributed by atoms with van der Waals surface area (Å²) < 4.78 is 7.16. The van der Waals surface area contributed by atoms with Crippen molar-refractivity contribution in [2.45, 2.75) is 6.92 Å². The Hall–Kier alpha value is -4.23. The standard InChI is InChI=1S/C27H22N4O2S/c1-2-33-24-16-10-9-15-22(24)28-17-21-25(20-13-7-4-8-14-20)30-31(26(21)32)27-29-23(18-34-27)19-11-5-3-6-12-19/h3-18,30H,2H2,1H3. The van der Waals surface area contributed by atoms with Crippen molar-refractivity contribution in [3.05, 3.63) is 106 Å². The average molecular weight is 467 g/mol. The van der Waals surface area contributed by atoms with Gasteiger partial charge in [0.2, 0.25) is 5.13 Å². The summed E-state index contributed by atoms with van der Waals surface area (Å²) in [6, 6.07) is 27.2. The monoisotopic (exact) mass is 466 g/mol. The van der Waals surface area contributed by atoms with Crippen LogP contribution in [0.25, 0.3) is 27.6 Å². The molecule has 0 aliphatic carbocycles. The maximum atomic E-state index is 13.5. The summed E-state index contributed by atoms with van der Waals surface area (Å²) >= 11 is 1.41. The molecule has 0 atom stereocenters. The van der Waals surface area contributed by atoms with Gasteiger partial charge in [-0.15, -0.1) is 11.3 Å². The summed E-state index contributed by atoms with van der Waals surface area (Å²) in [7, 11) is 0. The minimum Gasteiger partial charge on any atom is -0.492 e. The van der Waals surface area contributed by atoms with Crippen molar-refractivity contribution in [1.29, 1.82) is 0 Å². The number of thiazole rings is 1. The first kappa shape index (κ1) is 21.6. The summed E-state index contributed by atoms with van der Waals surface area (Å²) in [5.41, 5.74) is 4.29. The van der Waals surface area contributed by atoms with E-state index in [0.717, 1.165) is 16.8 Å². The lowest BCUT2D eigenvalue weighted by molar-refractivity contribution is 0.341. The number of aromatic amines is 1. The van der Waals surface area contributed by atoms with Gasteiger partial charge in [-0.1, -0.05) is 72.8 Å². The highest BCUT2D eigenvalue weighted by atomic mass is 32.1. The van der Waals surface area contributed by atoms with Gasteiger partial charge in [-0.2, -0.15) is 4.68 Å². The number of hydrogen-bond acceptors (Lipinski definition) is 5. The van der Waals surface area contributed by atoms with Crippen LogP contribution in [0.4, 0.5) is 5.69 Å². The summed E-state index contributed by atoms with van der Waals surface area (Å²) in [4.78, 5) is 22.8. The van der Waals surface area contributed by atoms with E-state index in [1.165, 1.54) is 16.0 Å². The first-order chi connectivity index (χ1) is 16.7. The van der Waals surface area contributed by atoms with Crippen molar-refractivity contribution in [1.82, 2.24) is 14.8 Å². The molecule has 0 fully saturated rings. The van der Waals surface area contributed by atoms with Crippen LogP contribution < -0.4 is 10.3 Å². The van der Waals surface area contributed by atoms with Gasteiger partial charge in [0.25, 0.3) is 5.56 Å². The summed E-state index contributed by atoms with van der Waals surface area (Å²) in [5, 5.41) is 5.77. The van der Waals surface area contributed by atoms with E-state index in [0.29, 0.717) is 34.4 Å². The second-order valence-corrected chi connectivity index (χ2v) is 8.28. The van der Waals surface area contributed by atoms with Gasteiger partial charge in [0.05, 0.1) is 23.6 Å². The molecular weight excluding hydrogens is 444 g/mol. The highest BCUT2D eigenvalue weighted by Crippen LogP contribution is 2.28. The lowest BCUT2D eigenvalue weighted by atomic mass is 10.1. The third-order valence-corrected chi connectivity index (χ3v) is 6.07. The third kappa shape index (κ3) is 4.33. The largest absolute Gasteiger partial charge is 0.492 e. The van der Waals surface area contributed by atoms with Crippen LogP contribution in [0.2, 0.25) is 0 Å². The number of ether oxygens (including phenoxy) is 1. The molecule has 1 N–H and O–H groups in total. The van der Waals surface area contributed by atoms with Crippen molar-refractivity contribution in [2.75, 3.05) is 6.61 Å². The number of rotatable bonds is 7. The normalized spacial score (nSPS) is 11.2. The number of hydrogen-bond donors (Lipinski definition) is 1. The van der Waals surface area contributed by atoms with E-state index >= 15 is 0 Å². The van der Waals surface area contributed by atoms with E-state index in [-0.39, 0.29) is 5.56 Å². The molecule has 34 heavy (non-hydrogen) atoms. The molecule has 0 aliphatic heterocycles. The van der Waals surface area contributed by atoms with Crippen LogP contribution in [0.15, 0.2) is 100 Å². The van der Waals surface area contributed by atoms with Gasteiger partial charge in [0.1, 0.15) is 11.4 Å². The predicted molar refractivity (Wildman–Crippen MR) is 138 cm³/mol. The number of nitrogens with one attached hydrogen (secondary N) is 1. The molecule has 0 spiro atoms. The fourth-order valence-corrected chi connectivity index (χ4v) is 4.40. The second kappa shape index (κ2) is 9.72. The lowest BCUT2D eigenvalue weighted by Crippen LogP contribution is -2.17. The topological polar surface area (TPSA) is 72.3 Å². The predicted octanol–water partition coefficient (Wildman–Crippen LogP) is 6.11. The Morgan fingerprint density at radius 2 is 1.65 bits per heavy atom. The minimum absolute atomic E-state index is 0.217. The molecule has 7 heteroatoms. The SMILES string of the molecule is CCOc1ccccc1N=Cc1c(-c2ccccc2)[nH]n(-c2nc(-c3ccccc3)cs2)c1=O. The molecule has 0 saturated carbocycles. The Bertz CT molecular complexity index is 1480. The summed E-state index contributed by atoms with van der Waals surface area (Å²) in [6.07, 6.45) is 1.60. The number of aromatic nitrogens is 3. The minimum atomic E-state index is -0.217. The van der Waals surface area contributed by atoms with E-state index in [2.05, 4.69) is 10.1 Å². The Morgan fingerprint density at radius 3 is 2.38 bits per heavy atom. The van der Waals surface area contributed by atoms with E-state index in [1.807, 2.05) is 97.2 Å². The smallest absolute Gasteiger partial charge is 0.282 e. The van der Waals surface area contributed by atoms with Crippen molar-refractivity contribution < 1.29 is 4.74 Å². The van der Waals surface area contributed by atoms with E-state index in [4.69, 9.17) is 9.72 Å². The number of para-hydroxylation sites is 2. The van der Waals surface area contributed by atoms with Crippen LogP contribution in [-0.2, 0) is 0 Å². The van der Waals surface area contributed by atoms with Crippen LogP contribution >= 0.6 is 11.3 Å². The zero-order valence-electron chi connectivity index (χ0n) is 18.5. The van der Waals surface area contributed by atoms with E-state index < -0.39 is 0 Å². The lowest BCUT2D eigenvalue weighted by Gasteiger charge is -2.05. The molecule has 5 rings (SSSR count). The van der Waals surface area contributed by atoms with Gasteiger partial charge in [0.15, 0.2) is 0 Å². The maximum absolute atomic E-state index is 13.5. The highest BCUT2D eigenvalue weighted by Gasteiger charge is 2.18. The van der Waals surface area contributed by atoms with Crippen molar-refractivity contribution in [2.24, 2.45) is 4.99 Å². The zero-order chi connectivity index (χ0) is 23.3. The molecule has 6 nitrogen and oxygen atoms in total. The highest BCUT2D eigenvalue weighted by molar-refractivity contribution is 7.12. The van der Waals surface area contributed by atoms with Crippen molar-refractivity contribution >= 4 is 23.2 Å². The van der Waals surface area contributed by atoms with Crippen LogP contribution in [0.3, 0.4) is 0 Å². The molecule has 0 amide bonds. The molecule has 0 unspecified atom stereocenters. The molecular formula is C27H22N4O2S. The van der Waals surface area contributed by atoms with Crippen molar-refractivity contribution in [3.8, 4) is 33.4 Å². The molecule has 0 aliphatic rings. The van der Waals surface area contributed by atoms with E-state index in [1.54, 1.807) is 6.21 Å². The Labute approximate surface area is 200 Å². The van der Waals surface area contributed by atoms with Crippen LogP contribution in [0.5, 0.6) is 5.75 Å². The molecule has 0 saturated heterocycles. The molecule has 0 bridgehead atoms. The van der Waals surface area contributed by atoms with Crippen LogP contribution in [0, 0.1) is 0 Å².